The first-order chi connectivity index (χ1) is 9.65. The zero-order valence-corrected chi connectivity index (χ0v) is 12.5. The van der Waals surface area contributed by atoms with Crippen LogP contribution in [0.5, 0.6) is 0 Å². The SMILES string of the molecule is Cc1csc(C(C)NCC(O)COCc2ccco2)n1. The number of thiazole rings is 1. The highest BCUT2D eigenvalue weighted by atomic mass is 32.1. The van der Waals surface area contributed by atoms with Crippen molar-refractivity contribution in [2.45, 2.75) is 32.6 Å². The summed E-state index contributed by atoms with van der Waals surface area (Å²) in [5, 5.41) is 16.2. The van der Waals surface area contributed by atoms with Crippen LogP contribution in [0.3, 0.4) is 0 Å². The fourth-order valence-electron chi connectivity index (χ4n) is 1.72. The molecule has 2 aromatic heterocycles. The van der Waals surface area contributed by atoms with Crippen LogP contribution in [0, 0.1) is 6.92 Å². The molecule has 0 aliphatic rings. The number of furan rings is 1. The van der Waals surface area contributed by atoms with Gasteiger partial charge in [-0.2, -0.15) is 0 Å². The van der Waals surface area contributed by atoms with Gasteiger partial charge in [-0.3, -0.25) is 0 Å². The second-order valence-electron chi connectivity index (χ2n) is 4.71. The lowest BCUT2D eigenvalue weighted by Gasteiger charge is -2.15. The Morgan fingerprint density at radius 1 is 1.55 bits per heavy atom. The van der Waals surface area contributed by atoms with Gasteiger partial charge in [0.25, 0.3) is 0 Å². The lowest BCUT2D eigenvalue weighted by molar-refractivity contribution is 0.0217. The minimum Gasteiger partial charge on any atom is -0.467 e. The molecule has 20 heavy (non-hydrogen) atoms. The molecule has 0 bridgehead atoms. The number of hydrogen-bond acceptors (Lipinski definition) is 6. The van der Waals surface area contributed by atoms with Crippen molar-refractivity contribution in [3.63, 3.8) is 0 Å². The van der Waals surface area contributed by atoms with E-state index < -0.39 is 6.10 Å². The third-order valence-corrected chi connectivity index (χ3v) is 3.95. The van der Waals surface area contributed by atoms with E-state index in [-0.39, 0.29) is 12.6 Å². The van der Waals surface area contributed by atoms with Crippen molar-refractivity contribution in [1.29, 1.82) is 0 Å². The first kappa shape index (κ1) is 15.2. The highest BCUT2D eigenvalue weighted by Crippen LogP contribution is 2.17. The van der Waals surface area contributed by atoms with E-state index in [0.717, 1.165) is 16.5 Å². The Morgan fingerprint density at radius 3 is 3.05 bits per heavy atom. The summed E-state index contributed by atoms with van der Waals surface area (Å²) in [5.74, 6) is 0.761. The smallest absolute Gasteiger partial charge is 0.129 e. The van der Waals surface area contributed by atoms with E-state index in [1.807, 2.05) is 31.4 Å². The van der Waals surface area contributed by atoms with Gasteiger partial charge in [-0.05, 0) is 26.0 Å². The molecule has 2 aromatic rings. The average molecular weight is 296 g/mol. The molecule has 0 amide bonds. The molecule has 0 fully saturated rings. The molecule has 0 aromatic carbocycles. The van der Waals surface area contributed by atoms with Gasteiger partial charge in [0.2, 0.25) is 0 Å². The van der Waals surface area contributed by atoms with Crippen molar-refractivity contribution in [3.8, 4) is 0 Å². The van der Waals surface area contributed by atoms with Gasteiger partial charge in [0, 0.05) is 17.6 Å². The monoisotopic (exact) mass is 296 g/mol. The Kier molecular flexibility index (Phi) is 5.72. The number of aromatic nitrogens is 1. The van der Waals surface area contributed by atoms with Crippen molar-refractivity contribution >= 4 is 11.3 Å². The number of nitrogens with one attached hydrogen (secondary N) is 1. The Labute approximate surface area is 122 Å². The number of aliphatic hydroxyl groups is 1. The van der Waals surface area contributed by atoms with Crippen LogP contribution < -0.4 is 5.32 Å². The van der Waals surface area contributed by atoms with Gasteiger partial charge in [-0.15, -0.1) is 11.3 Å². The molecule has 0 aliphatic carbocycles. The quantitative estimate of drug-likeness (QED) is 0.782. The van der Waals surface area contributed by atoms with Crippen LogP contribution in [0.4, 0.5) is 0 Å². The largest absolute Gasteiger partial charge is 0.467 e. The average Bonchev–Trinajstić information content (AvgIpc) is 3.07. The molecule has 110 valence electrons. The highest BCUT2D eigenvalue weighted by molar-refractivity contribution is 7.09. The third kappa shape index (κ3) is 4.72. The third-order valence-electron chi connectivity index (χ3n) is 2.80. The van der Waals surface area contributed by atoms with E-state index >= 15 is 0 Å². The van der Waals surface area contributed by atoms with Crippen LogP contribution in [0.2, 0.25) is 0 Å². The van der Waals surface area contributed by atoms with E-state index in [1.54, 1.807) is 17.6 Å². The molecule has 0 saturated heterocycles. The maximum atomic E-state index is 9.84. The molecule has 5 nitrogen and oxygen atoms in total. The molecule has 0 aliphatic heterocycles. The summed E-state index contributed by atoms with van der Waals surface area (Å²) >= 11 is 1.63. The molecule has 2 unspecified atom stereocenters. The van der Waals surface area contributed by atoms with E-state index in [0.29, 0.717) is 13.2 Å². The van der Waals surface area contributed by atoms with Gasteiger partial charge in [-0.25, -0.2) is 4.98 Å². The first-order valence-electron chi connectivity index (χ1n) is 6.58. The molecule has 0 saturated carbocycles. The fraction of sp³-hybridized carbons (Fsp3) is 0.500. The van der Waals surface area contributed by atoms with Gasteiger partial charge in [0.1, 0.15) is 17.4 Å². The molecule has 2 atom stereocenters. The molecular weight excluding hydrogens is 276 g/mol. The maximum absolute atomic E-state index is 9.84. The number of aliphatic hydroxyl groups excluding tert-OH is 1. The van der Waals surface area contributed by atoms with Crippen molar-refractivity contribution < 1.29 is 14.3 Å². The summed E-state index contributed by atoms with van der Waals surface area (Å²) < 4.78 is 10.5. The Bertz CT molecular complexity index is 498. The topological polar surface area (TPSA) is 67.5 Å². The number of nitrogens with zero attached hydrogens (tertiary/aromatic N) is 1. The number of aryl methyl sites for hydroxylation is 1. The highest BCUT2D eigenvalue weighted by Gasteiger charge is 2.11. The van der Waals surface area contributed by atoms with E-state index in [2.05, 4.69) is 10.3 Å². The molecule has 2 heterocycles. The van der Waals surface area contributed by atoms with E-state index in [1.165, 1.54) is 0 Å². The van der Waals surface area contributed by atoms with E-state index in [9.17, 15) is 5.11 Å². The minimum atomic E-state index is -0.548. The number of ether oxygens (including phenoxy) is 1. The minimum absolute atomic E-state index is 0.133. The normalized spacial score (nSPS) is 14.3. The van der Waals surface area contributed by atoms with Crippen LogP contribution >= 0.6 is 11.3 Å². The van der Waals surface area contributed by atoms with Gasteiger partial charge in [0.15, 0.2) is 0 Å². The molecule has 0 radical (unpaired) electrons. The van der Waals surface area contributed by atoms with E-state index in [4.69, 9.17) is 9.15 Å². The molecule has 2 N–H and O–H groups in total. The maximum Gasteiger partial charge on any atom is 0.129 e. The molecule has 2 rings (SSSR count). The lowest BCUT2D eigenvalue weighted by atomic mass is 10.3. The van der Waals surface area contributed by atoms with Crippen molar-refractivity contribution in [3.05, 3.63) is 40.2 Å². The fourth-order valence-corrected chi connectivity index (χ4v) is 2.55. The van der Waals surface area contributed by atoms with Gasteiger partial charge in [-0.1, -0.05) is 0 Å². The predicted octanol–water partition coefficient (Wildman–Crippen LogP) is 2.27. The van der Waals surface area contributed by atoms with Crippen LogP contribution in [0.15, 0.2) is 28.2 Å². The standard InChI is InChI=1S/C14H20N2O3S/c1-10-9-20-14(16-10)11(2)15-6-12(17)7-18-8-13-4-3-5-19-13/h3-5,9,11-12,15,17H,6-8H2,1-2H3. The van der Waals surface area contributed by atoms with Gasteiger partial charge >= 0.3 is 0 Å². The molecular formula is C14H20N2O3S. The zero-order valence-electron chi connectivity index (χ0n) is 11.7. The van der Waals surface area contributed by atoms with Crippen LogP contribution in [-0.2, 0) is 11.3 Å². The summed E-state index contributed by atoms with van der Waals surface area (Å²) in [6.45, 7) is 5.14. The summed E-state index contributed by atoms with van der Waals surface area (Å²) in [6.07, 6.45) is 1.06. The Balaban J connectivity index is 1.63. The van der Waals surface area contributed by atoms with Crippen LogP contribution in [0.25, 0.3) is 0 Å². The molecule has 6 heteroatoms. The van der Waals surface area contributed by atoms with Gasteiger partial charge in [0.05, 0.1) is 25.0 Å². The summed E-state index contributed by atoms with van der Waals surface area (Å²) in [4.78, 5) is 4.42. The summed E-state index contributed by atoms with van der Waals surface area (Å²) in [5.41, 5.74) is 1.03. The Morgan fingerprint density at radius 2 is 2.40 bits per heavy atom. The number of rotatable bonds is 8. The first-order valence-corrected chi connectivity index (χ1v) is 7.46. The van der Waals surface area contributed by atoms with Crippen molar-refractivity contribution in [1.82, 2.24) is 10.3 Å². The van der Waals surface area contributed by atoms with Crippen molar-refractivity contribution in [2.75, 3.05) is 13.2 Å². The Hall–Kier alpha value is -1.21. The lowest BCUT2D eigenvalue weighted by Crippen LogP contribution is -2.32. The van der Waals surface area contributed by atoms with Crippen LogP contribution in [0.1, 0.15) is 29.4 Å². The summed E-state index contributed by atoms with van der Waals surface area (Å²) in [6, 6.07) is 3.79. The second-order valence-corrected chi connectivity index (χ2v) is 5.60. The summed E-state index contributed by atoms with van der Waals surface area (Å²) in [7, 11) is 0. The van der Waals surface area contributed by atoms with Crippen molar-refractivity contribution in [2.24, 2.45) is 0 Å². The predicted molar refractivity (Wildman–Crippen MR) is 77.6 cm³/mol. The van der Waals surface area contributed by atoms with Crippen LogP contribution in [-0.4, -0.2) is 29.3 Å². The van der Waals surface area contributed by atoms with Gasteiger partial charge < -0.3 is 19.6 Å². The zero-order chi connectivity index (χ0) is 14.4. The second kappa shape index (κ2) is 7.54. The number of hydrogen-bond donors (Lipinski definition) is 2. The molecule has 0 spiro atoms.